The standard InChI is InChI=1S/C13H23NO/c15-13-5-10(6-13)7-14-8-12-4-9-1-2-11(12)3-9/h9-15H,1-8H2. The number of hydrogen-bond acceptors (Lipinski definition) is 2. The molecular weight excluding hydrogens is 186 g/mol. The van der Waals surface area contributed by atoms with Gasteiger partial charge in [0.1, 0.15) is 0 Å². The van der Waals surface area contributed by atoms with Crippen LogP contribution in [0.1, 0.15) is 38.5 Å². The van der Waals surface area contributed by atoms with Crippen LogP contribution < -0.4 is 5.32 Å². The van der Waals surface area contributed by atoms with Crippen molar-refractivity contribution in [2.45, 2.75) is 44.6 Å². The molecule has 0 aromatic rings. The summed E-state index contributed by atoms with van der Waals surface area (Å²) in [6.45, 7) is 2.39. The Bertz CT molecular complexity index is 225. The molecule has 0 heterocycles. The highest BCUT2D eigenvalue weighted by molar-refractivity contribution is 4.91. The molecular formula is C13H23NO. The van der Waals surface area contributed by atoms with Crippen molar-refractivity contribution in [1.29, 1.82) is 0 Å². The van der Waals surface area contributed by atoms with E-state index in [4.69, 9.17) is 0 Å². The molecule has 0 amide bonds. The average Bonchev–Trinajstić information content (AvgIpc) is 2.76. The Balaban J connectivity index is 1.33. The van der Waals surface area contributed by atoms with Crippen LogP contribution in [0.2, 0.25) is 0 Å². The normalized spacial score (nSPS) is 48.2. The van der Waals surface area contributed by atoms with Gasteiger partial charge in [0.25, 0.3) is 0 Å². The van der Waals surface area contributed by atoms with Gasteiger partial charge in [-0.15, -0.1) is 0 Å². The van der Waals surface area contributed by atoms with Crippen LogP contribution in [0.15, 0.2) is 0 Å². The van der Waals surface area contributed by atoms with E-state index in [2.05, 4.69) is 5.32 Å². The van der Waals surface area contributed by atoms with Crippen molar-refractivity contribution >= 4 is 0 Å². The molecule has 0 saturated heterocycles. The summed E-state index contributed by atoms with van der Waals surface area (Å²) in [5.74, 6) is 3.87. The minimum absolute atomic E-state index is 0.0132. The van der Waals surface area contributed by atoms with E-state index < -0.39 is 0 Å². The van der Waals surface area contributed by atoms with E-state index in [1.54, 1.807) is 0 Å². The molecule has 2 N–H and O–H groups in total. The average molecular weight is 209 g/mol. The third-order valence-electron chi connectivity index (χ3n) is 4.93. The third-order valence-corrected chi connectivity index (χ3v) is 4.93. The fourth-order valence-electron chi connectivity index (χ4n) is 3.97. The highest BCUT2D eigenvalue weighted by atomic mass is 16.3. The summed E-state index contributed by atoms with van der Waals surface area (Å²) in [7, 11) is 0. The largest absolute Gasteiger partial charge is 0.393 e. The molecule has 0 aromatic carbocycles. The number of fused-ring (bicyclic) bond motifs is 2. The number of hydrogen-bond donors (Lipinski definition) is 2. The maximum Gasteiger partial charge on any atom is 0.0546 e. The minimum atomic E-state index is 0.0132. The lowest BCUT2D eigenvalue weighted by atomic mass is 9.82. The van der Waals surface area contributed by atoms with E-state index in [-0.39, 0.29) is 6.10 Å². The van der Waals surface area contributed by atoms with Gasteiger partial charge in [-0.25, -0.2) is 0 Å². The van der Waals surface area contributed by atoms with Crippen LogP contribution in [-0.2, 0) is 0 Å². The van der Waals surface area contributed by atoms with Crippen LogP contribution >= 0.6 is 0 Å². The predicted octanol–water partition coefficient (Wildman–Crippen LogP) is 1.78. The van der Waals surface area contributed by atoms with Gasteiger partial charge in [0, 0.05) is 0 Å². The Hall–Kier alpha value is -0.0800. The van der Waals surface area contributed by atoms with E-state index in [1.165, 1.54) is 32.2 Å². The van der Waals surface area contributed by atoms with Gasteiger partial charge in [-0.3, -0.25) is 0 Å². The van der Waals surface area contributed by atoms with E-state index in [9.17, 15) is 5.11 Å². The Morgan fingerprint density at radius 3 is 2.47 bits per heavy atom. The number of rotatable bonds is 4. The van der Waals surface area contributed by atoms with E-state index in [0.717, 1.165) is 43.1 Å². The van der Waals surface area contributed by atoms with Crippen molar-refractivity contribution in [2.75, 3.05) is 13.1 Å². The molecule has 3 fully saturated rings. The van der Waals surface area contributed by atoms with E-state index in [1.807, 2.05) is 0 Å². The van der Waals surface area contributed by atoms with Crippen LogP contribution in [0.25, 0.3) is 0 Å². The molecule has 0 aliphatic heterocycles. The fourth-order valence-corrected chi connectivity index (χ4v) is 3.97. The smallest absolute Gasteiger partial charge is 0.0546 e. The third kappa shape index (κ3) is 2.07. The van der Waals surface area contributed by atoms with Gasteiger partial charge >= 0.3 is 0 Å². The topological polar surface area (TPSA) is 32.3 Å². The van der Waals surface area contributed by atoms with Crippen molar-refractivity contribution in [3.63, 3.8) is 0 Å². The highest BCUT2D eigenvalue weighted by Crippen LogP contribution is 2.47. The van der Waals surface area contributed by atoms with Gasteiger partial charge in [-0.2, -0.15) is 0 Å². The summed E-state index contributed by atoms with van der Waals surface area (Å²) >= 11 is 0. The fraction of sp³-hybridized carbons (Fsp3) is 1.00. The lowest BCUT2D eigenvalue weighted by Crippen LogP contribution is -2.38. The summed E-state index contributed by atoms with van der Waals surface area (Å²) in [6.07, 6.45) is 8.10. The SMILES string of the molecule is OC1CC(CNCC2CC3CCC2C3)C1. The molecule has 0 radical (unpaired) electrons. The number of nitrogens with one attached hydrogen (secondary N) is 1. The first-order valence-corrected chi connectivity index (χ1v) is 6.70. The molecule has 2 bridgehead atoms. The minimum Gasteiger partial charge on any atom is -0.393 e. The lowest BCUT2D eigenvalue weighted by molar-refractivity contribution is 0.0424. The monoisotopic (exact) mass is 209 g/mol. The Labute approximate surface area is 92.4 Å². The predicted molar refractivity (Wildman–Crippen MR) is 60.5 cm³/mol. The lowest BCUT2D eigenvalue weighted by Gasteiger charge is -2.32. The van der Waals surface area contributed by atoms with Gasteiger partial charge in [-0.05, 0) is 68.9 Å². The van der Waals surface area contributed by atoms with E-state index in [0.29, 0.717) is 0 Å². The first-order chi connectivity index (χ1) is 7.31. The highest BCUT2D eigenvalue weighted by Gasteiger charge is 2.39. The summed E-state index contributed by atoms with van der Waals surface area (Å²) in [4.78, 5) is 0. The van der Waals surface area contributed by atoms with Gasteiger partial charge in [-0.1, -0.05) is 6.42 Å². The van der Waals surface area contributed by atoms with Crippen molar-refractivity contribution in [3.05, 3.63) is 0 Å². The maximum absolute atomic E-state index is 9.19. The first-order valence-electron chi connectivity index (χ1n) is 6.70. The van der Waals surface area contributed by atoms with Crippen LogP contribution in [0.5, 0.6) is 0 Å². The maximum atomic E-state index is 9.19. The quantitative estimate of drug-likeness (QED) is 0.740. The summed E-state index contributed by atoms with van der Waals surface area (Å²) in [5, 5.41) is 12.8. The zero-order valence-electron chi connectivity index (χ0n) is 9.49. The number of aliphatic hydroxyl groups excluding tert-OH is 1. The Morgan fingerprint density at radius 2 is 1.87 bits per heavy atom. The molecule has 3 rings (SSSR count). The molecule has 0 spiro atoms. The van der Waals surface area contributed by atoms with Gasteiger partial charge in [0.05, 0.1) is 6.10 Å². The molecule has 2 heteroatoms. The molecule has 3 aliphatic rings. The van der Waals surface area contributed by atoms with Crippen LogP contribution in [0.4, 0.5) is 0 Å². The molecule has 3 saturated carbocycles. The first kappa shape index (κ1) is 10.1. The Morgan fingerprint density at radius 1 is 1.00 bits per heavy atom. The molecule has 3 unspecified atom stereocenters. The van der Waals surface area contributed by atoms with Crippen molar-refractivity contribution in [2.24, 2.45) is 23.7 Å². The van der Waals surface area contributed by atoms with Crippen molar-refractivity contribution in [1.82, 2.24) is 5.32 Å². The second-order valence-electron chi connectivity index (χ2n) is 6.08. The van der Waals surface area contributed by atoms with Crippen LogP contribution in [-0.4, -0.2) is 24.3 Å². The molecule has 3 aliphatic carbocycles. The molecule has 86 valence electrons. The van der Waals surface area contributed by atoms with Gasteiger partial charge in [0.15, 0.2) is 0 Å². The van der Waals surface area contributed by atoms with Crippen molar-refractivity contribution in [3.8, 4) is 0 Å². The molecule has 0 aromatic heterocycles. The van der Waals surface area contributed by atoms with Crippen LogP contribution in [0, 0.1) is 23.7 Å². The zero-order chi connectivity index (χ0) is 10.3. The van der Waals surface area contributed by atoms with Crippen LogP contribution in [0.3, 0.4) is 0 Å². The zero-order valence-corrected chi connectivity index (χ0v) is 9.49. The molecule has 3 atom stereocenters. The summed E-state index contributed by atoms with van der Waals surface area (Å²) in [6, 6.07) is 0. The second kappa shape index (κ2) is 4.06. The Kier molecular flexibility index (Phi) is 2.73. The van der Waals surface area contributed by atoms with Crippen molar-refractivity contribution < 1.29 is 5.11 Å². The summed E-state index contributed by atoms with van der Waals surface area (Å²) < 4.78 is 0. The molecule has 2 nitrogen and oxygen atoms in total. The molecule has 15 heavy (non-hydrogen) atoms. The second-order valence-corrected chi connectivity index (χ2v) is 6.08. The van der Waals surface area contributed by atoms with Gasteiger partial charge < -0.3 is 10.4 Å². The number of aliphatic hydroxyl groups is 1. The van der Waals surface area contributed by atoms with E-state index >= 15 is 0 Å². The summed E-state index contributed by atoms with van der Waals surface area (Å²) in [5.41, 5.74) is 0. The van der Waals surface area contributed by atoms with Gasteiger partial charge in [0.2, 0.25) is 0 Å².